The van der Waals surface area contributed by atoms with Gasteiger partial charge in [-0.05, 0) is 55.8 Å². The maximum Gasteiger partial charge on any atom is 0.325 e. The third-order valence-electron chi connectivity index (χ3n) is 4.39. The second-order valence-electron chi connectivity index (χ2n) is 7.06. The van der Waals surface area contributed by atoms with Crippen molar-refractivity contribution in [3.8, 4) is 5.75 Å². The lowest BCUT2D eigenvalue weighted by Crippen LogP contribution is -2.32. The van der Waals surface area contributed by atoms with Gasteiger partial charge in [0, 0.05) is 23.4 Å². The van der Waals surface area contributed by atoms with Gasteiger partial charge in [0.25, 0.3) is 17.7 Å². The summed E-state index contributed by atoms with van der Waals surface area (Å²) in [7, 11) is 0. The summed E-state index contributed by atoms with van der Waals surface area (Å²) in [5.74, 6) is -1.36. The van der Waals surface area contributed by atoms with E-state index in [4.69, 9.17) is 9.47 Å². The van der Waals surface area contributed by atoms with Gasteiger partial charge in [-0.15, -0.1) is 0 Å². The van der Waals surface area contributed by atoms with Crippen molar-refractivity contribution in [3.63, 3.8) is 0 Å². The number of unbranched alkanes of at least 4 members (excludes halogenated alkanes) is 1. The predicted octanol–water partition coefficient (Wildman–Crippen LogP) is 2.53. The van der Waals surface area contributed by atoms with Crippen LogP contribution in [-0.2, 0) is 14.3 Å². The highest BCUT2D eigenvalue weighted by atomic mass is 16.5. The van der Waals surface area contributed by atoms with Gasteiger partial charge in [-0.2, -0.15) is 0 Å². The van der Waals surface area contributed by atoms with Crippen LogP contribution in [-0.4, -0.2) is 50.0 Å². The molecule has 2 rings (SSSR count). The molecular weight excluding hydrogens is 426 g/mol. The van der Waals surface area contributed by atoms with E-state index in [-0.39, 0.29) is 12.5 Å². The van der Waals surface area contributed by atoms with Gasteiger partial charge in [0.05, 0.1) is 6.61 Å². The maximum absolute atomic E-state index is 12.2. The van der Waals surface area contributed by atoms with Crippen LogP contribution in [0.3, 0.4) is 0 Å². The van der Waals surface area contributed by atoms with Gasteiger partial charge in [0.15, 0.2) is 6.61 Å². The number of amides is 3. The molecular formula is C24H29N3O6. The molecule has 3 N–H and O–H groups in total. The van der Waals surface area contributed by atoms with Crippen molar-refractivity contribution >= 4 is 29.4 Å². The summed E-state index contributed by atoms with van der Waals surface area (Å²) in [6.45, 7) is 4.07. The van der Waals surface area contributed by atoms with Crippen LogP contribution >= 0.6 is 0 Å². The number of ether oxygens (including phenoxy) is 2. The molecule has 0 spiro atoms. The average molecular weight is 456 g/mol. The van der Waals surface area contributed by atoms with Crippen LogP contribution in [0.5, 0.6) is 5.75 Å². The van der Waals surface area contributed by atoms with Crippen molar-refractivity contribution in [2.24, 2.45) is 0 Å². The number of benzene rings is 2. The molecule has 0 aliphatic rings. The molecule has 2 aromatic carbocycles. The normalized spacial score (nSPS) is 10.1. The van der Waals surface area contributed by atoms with Crippen molar-refractivity contribution in [2.75, 3.05) is 31.6 Å². The predicted molar refractivity (Wildman–Crippen MR) is 123 cm³/mol. The second kappa shape index (κ2) is 13.5. The van der Waals surface area contributed by atoms with Crippen molar-refractivity contribution in [2.45, 2.75) is 26.7 Å². The molecule has 9 nitrogen and oxygen atoms in total. The van der Waals surface area contributed by atoms with Crippen LogP contribution in [0.2, 0.25) is 0 Å². The second-order valence-corrected chi connectivity index (χ2v) is 7.06. The lowest BCUT2D eigenvalue weighted by molar-refractivity contribution is -0.146. The van der Waals surface area contributed by atoms with Gasteiger partial charge in [0.2, 0.25) is 0 Å². The van der Waals surface area contributed by atoms with Crippen LogP contribution in [0.25, 0.3) is 0 Å². The summed E-state index contributed by atoms with van der Waals surface area (Å²) in [6.07, 6.45) is 1.98. The van der Waals surface area contributed by atoms with Gasteiger partial charge < -0.3 is 25.4 Å². The molecule has 33 heavy (non-hydrogen) atoms. The Kier molecular flexibility index (Phi) is 10.4. The summed E-state index contributed by atoms with van der Waals surface area (Å²) in [4.78, 5) is 47.9. The van der Waals surface area contributed by atoms with Gasteiger partial charge in [-0.1, -0.05) is 19.4 Å². The zero-order valence-electron chi connectivity index (χ0n) is 18.8. The van der Waals surface area contributed by atoms with Gasteiger partial charge >= 0.3 is 5.97 Å². The minimum absolute atomic E-state index is 0.255. The molecule has 0 saturated heterocycles. The number of hydrogen-bond donors (Lipinski definition) is 3. The highest BCUT2D eigenvalue weighted by Gasteiger charge is 2.12. The van der Waals surface area contributed by atoms with E-state index in [0.29, 0.717) is 35.7 Å². The van der Waals surface area contributed by atoms with Crippen molar-refractivity contribution in [3.05, 3.63) is 59.7 Å². The maximum atomic E-state index is 12.2. The van der Waals surface area contributed by atoms with E-state index in [0.717, 1.165) is 12.8 Å². The fourth-order valence-electron chi connectivity index (χ4n) is 2.69. The fourth-order valence-corrected chi connectivity index (χ4v) is 2.69. The van der Waals surface area contributed by atoms with E-state index in [9.17, 15) is 19.2 Å². The number of hydrogen-bond acceptors (Lipinski definition) is 6. The third-order valence-corrected chi connectivity index (χ3v) is 4.39. The largest absolute Gasteiger partial charge is 0.494 e. The smallest absolute Gasteiger partial charge is 0.325 e. The first-order valence-corrected chi connectivity index (χ1v) is 10.8. The Balaban J connectivity index is 1.73. The lowest BCUT2D eigenvalue weighted by Gasteiger charge is -2.09. The molecule has 0 fully saturated rings. The molecule has 176 valence electrons. The highest BCUT2D eigenvalue weighted by molar-refractivity contribution is 5.98. The minimum Gasteiger partial charge on any atom is -0.494 e. The number of anilines is 1. The Morgan fingerprint density at radius 1 is 0.879 bits per heavy atom. The van der Waals surface area contributed by atoms with E-state index < -0.39 is 24.4 Å². The van der Waals surface area contributed by atoms with Gasteiger partial charge in [-0.25, -0.2) is 0 Å². The molecule has 0 unspecified atom stereocenters. The number of nitrogens with one attached hydrogen (secondary N) is 3. The third kappa shape index (κ3) is 9.02. The average Bonchev–Trinajstić information content (AvgIpc) is 2.82. The van der Waals surface area contributed by atoms with Crippen molar-refractivity contribution in [1.82, 2.24) is 10.6 Å². The number of carbonyl (C=O) groups is 4. The SMILES string of the molecule is CCCCOc1ccc(C(=O)NCC(=O)OCC(=O)Nc2cccc(C(=O)NCC)c2)cc1. The van der Waals surface area contributed by atoms with Crippen molar-refractivity contribution in [1.29, 1.82) is 0 Å². The fraction of sp³-hybridized carbons (Fsp3) is 0.333. The Labute approximate surface area is 192 Å². The summed E-state index contributed by atoms with van der Waals surface area (Å²) in [5, 5.41) is 7.67. The zero-order valence-corrected chi connectivity index (χ0v) is 18.8. The van der Waals surface area contributed by atoms with Gasteiger partial charge in [0.1, 0.15) is 12.3 Å². The Morgan fingerprint density at radius 2 is 1.61 bits per heavy atom. The monoisotopic (exact) mass is 455 g/mol. The first-order chi connectivity index (χ1) is 15.9. The Hall–Kier alpha value is -3.88. The van der Waals surface area contributed by atoms with Crippen LogP contribution in [0, 0.1) is 0 Å². The van der Waals surface area contributed by atoms with E-state index in [1.807, 2.05) is 0 Å². The molecule has 0 saturated carbocycles. The van der Waals surface area contributed by atoms with E-state index >= 15 is 0 Å². The summed E-state index contributed by atoms with van der Waals surface area (Å²) in [6, 6.07) is 13.0. The first-order valence-electron chi connectivity index (χ1n) is 10.8. The quantitative estimate of drug-likeness (QED) is 0.334. The standard InChI is InChI=1S/C24H29N3O6/c1-3-5-13-32-20-11-9-17(10-12-20)23(30)26-15-22(29)33-16-21(28)27-19-8-6-7-18(14-19)24(31)25-4-2/h6-12,14H,3-5,13,15-16H2,1-2H3,(H,25,31)(H,26,30)(H,27,28). The number of rotatable bonds is 12. The van der Waals surface area contributed by atoms with E-state index in [1.54, 1.807) is 49.4 Å². The zero-order chi connectivity index (χ0) is 24.1. The Morgan fingerprint density at radius 3 is 2.30 bits per heavy atom. The first kappa shape index (κ1) is 25.4. The molecule has 0 aliphatic heterocycles. The molecule has 0 atom stereocenters. The molecule has 0 heterocycles. The van der Waals surface area contributed by atoms with Crippen LogP contribution in [0.1, 0.15) is 47.4 Å². The highest BCUT2D eigenvalue weighted by Crippen LogP contribution is 2.13. The lowest BCUT2D eigenvalue weighted by atomic mass is 10.2. The molecule has 2 aromatic rings. The summed E-state index contributed by atoms with van der Waals surface area (Å²) in [5.41, 5.74) is 1.17. The molecule has 3 amide bonds. The van der Waals surface area contributed by atoms with E-state index in [1.165, 1.54) is 6.07 Å². The number of carbonyl (C=O) groups excluding carboxylic acids is 4. The minimum atomic E-state index is -0.755. The van der Waals surface area contributed by atoms with E-state index in [2.05, 4.69) is 22.9 Å². The molecule has 9 heteroatoms. The number of esters is 1. The van der Waals surface area contributed by atoms with Crippen LogP contribution in [0.4, 0.5) is 5.69 Å². The Bertz CT molecular complexity index is 959. The molecule has 0 bridgehead atoms. The summed E-state index contributed by atoms with van der Waals surface area (Å²) >= 11 is 0. The summed E-state index contributed by atoms with van der Waals surface area (Å²) < 4.78 is 10.4. The van der Waals surface area contributed by atoms with Crippen molar-refractivity contribution < 1.29 is 28.7 Å². The van der Waals surface area contributed by atoms with Crippen LogP contribution < -0.4 is 20.7 Å². The molecule has 0 aromatic heterocycles. The van der Waals surface area contributed by atoms with Crippen LogP contribution in [0.15, 0.2) is 48.5 Å². The topological polar surface area (TPSA) is 123 Å². The molecule has 0 aliphatic carbocycles. The molecule has 0 radical (unpaired) electrons. The van der Waals surface area contributed by atoms with Gasteiger partial charge in [-0.3, -0.25) is 19.2 Å².